The summed E-state index contributed by atoms with van der Waals surface area (Å²) in [6.45, 7) is 1.39. The zero-order valence-corrected chi connectivity index (χ0v) is 12.1. The molecule has 0 saturated carbocycles. The first kappa shape index (κ1) is 15.5. The smallest absolute Gasteiger partial charge is 0.328 e. The number of hydrogen-bond donors (Lipinski definition) is 4. The Kier molecular flexibility index (Phi) is 4.42. The molecule has 0 aliphatic rings. The minimum absolute atomic E-state index is 0.0253. The predicted molar refractivity (Wildman–Crippen MR) is 80.5 cm³/mol. The maximum atomic E-state index is 11.8. The number of rotatable bonds is 3. The number of aromatic amines is 2. The molecule has 114 valence electrons. The van der Waals surface area contributed by atoms with Crippen molar-refractivity contribution >= 4 is 23.2 Å². The summed E-state index contributed by atoms with van der Waals surface area (Å²) in [5.74, 6) is -1.15. The van der Waals surface area contributed by atoms with Gasteiger partial charge in [0.25, 0.3) is 11.5 Å². The average Bonchev–Trinajstić information content (AvgIpc) is 2.44. The second-order valence-electron chi connectivity index (χ2n) is 4.28. The SMILES string of the molecule is C/C(=N/NC(=O)c1ccc(Cl)cc1)c1c(O)[nH]c(=O)[nH]c1=O. The molecule has 22 heavy (non-hydrogen) atoms. The van der Waals surface area contributed by atoms with Crippen molar-refractivity contribution in [2.45, 2.75) is 6.92 Å². The summed E-state index contributed by atoms with van der Waals surface area (Å²) in [6, 6.07) is 6.11. The van der Waals surface area contributed by atoms with Crippen LogP contribution in [-0.4, -0.2) is 26.7 Å². The van der Waals surface area contributed by atoms with E-state index < -0.39 is 23.0 Å². The zero-order valence-electron chi connectivity index (χ0n) is 11.3. The summed E-state index contributed by atoms with van der Waals surface area (Å²) >= 11 is 5.72. The topological polar surface area (TPSA) is 127 Å². The highest BCUT2D eigenvalue weighted by molar-refractivity contribution is 6.30. The Morgan fingerprint density at radius 3 is 2.45 bits per heavy atom. The molecular weight excluding hydrogens is 312 g/mol. The molecule has 9 heteroatoms. The summed E-state index contributed by atoms with van der Waals surface area (Å²) in [7, 11) is 0. The lowest BCUT2D eigenvalue weighted by molar-refractivity contribution is 0.0955. The second-order valence-corrected chi connectivity index (χ2v) is 4.71. The molecule has 1 aromatic heterocycles. The molecule has 1 heterocycles. The number of benzene rings is 1. The minimum atomic E-state index is -0.843. The molecule has 0 saturated heterocycles. The Bertz CT molecular complexity index is 852. The lowest BCUT2D eigenvalue weighted by Crippen LogP contribution is -2.28. The van der Waals surface area contributed by atoms with Gasteiger partial charge in [0.2, 0.25) is 5.88 Å². The number of nitrogens with zero attached hydrogens (tertiary/aromatic N) is 1. The van der Waals surface area contributed by atoms with E-state index >= 15 is 0 Å². The lowest BCUT2D eigenvalue weighted by Gasteiger charge is -2.04. The first-order valence-electron chi connectivity index (χ1n) is 6.04. The number of carbonyl (C=O) groups is 1. The molecule has 0 unspecified atom stereocenters. The van der Waals surface area contributed by atoms with Crippen LogP contribution >= 0.6 is 11.6 Å². The van der Waals surface area contributed by atoms with Crippen LogP contribution in [0.5, 0.6) is 5.88 Å². The number of aromatic nitrogens is 2. The highest BCUT2D eigenvalue weighted by atomic mass is 35.5. The van der Waals surface area contributed by atoms with Crippen LogP contribution in [-0.2, 0) is 0 Å². The van der Waals surface area contributed by atoms with Crippen molar-refractivity contribution in [1.82, 2.24) is 15.4 Å². The third kappa shape index (κ3) is 3.41. The fourth-order valence-electron chi connectivity index (χ4n) is 1.67. The van der Waals surface area contributed by atoms with Gasteiger partial charge in [0.05, 0.1) is 5.71 Å². The van der Waals surface area contributed by atoms with Crippen LogP contribution in [0.1, 0.15) is 22.8 Å². The van der Waals surface area contributed by atoms with Crippen molar-refractivity contribution in [2.24, 2.45) is 5.10 Å². The number of aromatic hydroxyl groups is 1. The number of amides is 1. The zero-order chi connectivity index (χ0) is 16.3. The molecule has 0 radical (unpaired) electrons. The predicted octanol–water partition coefficient (Wildman–Crippen LogP) is 0.576. The first-order valence-corrected chi connectivity index (χ1v) is 6.42. The maximum Gasteiger partial charge on any atom is 0.328 e. The minimum Gasteiger partial charge on any atom is -0.494 e. The van der Waals surface area contributed by atoms with Crippen LogP contribution in [0.2, 0.25) is 5.02 Å². The van der Waals surface area contributed by atoms with Gasteiger partial charge in [-0.15, -0.1) is 0 Å². The van der Waals surface area contributed by atoms with E-state index in [9.17, 15) is 19.5 Å². The third-order valence-corrected chi connectivity index (χ3v) is 2.97. The van der Waals surface area contributed by atoms with Gasteiger partial charge in [-0.1, -0.05) is 11.6 Å². The number of hydrazone groups is 1. The van der Waals surface area contributed by atoms with E-state index in [1.807, 2.05) is 9.97 Å². The van der Waals surface area contributed by atoms with Crippen molar-refractivity contribution in [3.05, 3.63) is 61.3 Å². The largest absolute Gasteiger partial charge is 0.494 e. The Morgan fingerprint density at radius 1 is 1.23 bits per heavy atom. The molecule has 4 N–H and O–H groups in total. The summed E-state index contributed by atoms with van der Waals surface area (Å²) in [4.78, 5) is 38.4. The van der Waals surface area contributed by atoms with Crippen LogP contribution < -0.4 is 16.7 Å². The van der Waals surface area contributed by atoms with E-state index in [2.05, 4.69) is 10.5 Å². The summed E-state index contributed by atoms with van der Waals surface area (Å²) in [5.41, 5.74) is 0.681. The van der Waals surface area contributed by atoms with Crippen molar-refractivity contribution < 1.29 is 9.90 Å². The highest BCUT2D eigenvalue weighted by Gasteiger charge is 2.12. The van der Waals surface area contributed by atoms with Gasteiger partial charge >= 0.3 is 5.69 Å². The van der Waals surface area contributed by atoms with Crippen molar-refractivity contribution in [3.63, 3.8) is 0 Å². The van der Waals surface area contributed by atoms with Crippen LogP contribution in [0.4, 0.5) is 0 Å². The van der Waals surface area contributed by atoms with Gasteiger partial charge in [0.1, 0.15) is 5.56 Å². The van der Waals surface area contributed by atoms with E-state index in [1.54, 1.807) is 12.1 Å². The van der Waals surface area contributed by atoms with Crippen LogP contribution in [0.3, 0.4) is 0 Å². The first-order chi connectivity index (χ1) is 10.4. The standard InChI is InChI=1S/C13H11ClN4O4/c1-6(9-11(20)15-13(22)16-12(9)21)17-18-10(19)7-2-4-8(14)5-3-7/h2-5H,1H3,(H,18,19)(H3,15,16,20,21,22)/b17-6-. The van der Waals surface area contributed by atoms with Gasteiger partial charge < -0.3 is 5.11 Å². The molecule has 0 spiro atoms. The van der Waals surface area contributed by atoms with E-state index in [4.69, 9.17) is 11.6 Å². The molecule has 0 bridgehead atoms. The number of carbonyl (C=O) groups excluding carboxylic acids is 1. The Hall–Kier alpha value is -2.87. The highest BCUT2D eigenvalue weighted by Crippen LogP contribution is 2.09. The van der Waals surface area contributed by atoms with Crippen LogP contribution in [0.25, 0.3) is 0 Å². The average molecular weight is 323 g/mol. The molecule has 0 atom stereocenters. The Labute approximate surface area is 128 Å². The van der Waals surface area contributed by atoms with Crippen LogP contribution in [0.15, 0.2) is 39.0 Å². The lowest BCUT2D eigenvalue weighted by atomic mass is 10.2. The molecular formula is C13H11ClN4O4. The van der Waals surface area contributed by atoms with Gasteiger partial charge in [0.15, 0.2) is 0 Å². The molecule has 1 amide bonds. The van der Waals surface area contributed by atoms with E-state index in [0.29, 0.717) is 10.6 Å². The van der Waals surface area contributed by atoms with Gasteiger partial charge in [-0.05, 0) is 31.2 Å². The van der Waals surface area contributed by atoms with E-state index in [-0.39, 0.29) is 11.3 Å². The monoisotopic (exact) mass is 322 g/mol. The molecule has 8 nitrogen and oxygen atoms in total. The van der Waals surface area contributed by atoms with Crippen molar-refractivity contribution in [1.29, 1.82) is 0 Å². The Morgan fingerprint density at radius 2 is 1.86 bits per heavy atom. The van der Waals surface area contributed by atoms with Crippen LogP contribution in [0, 0.1) is 0 Å². The Balaban J connectivity index is 2.23. The van der Waals surface area contributed by atoms with Crippen molar-refractivity contribution in [3.8, 4) is 5.88 Å². The number of nitrogens with one attached hydrogen (secondary N) is 3. The number of hydrogen-bond acceptors (Lipinski definition) is 5. The summed E-state index contributed by atoms with van der Waals surface area (Å²) in [5, 5.41) is 13.8. The van der Waals surface area contributed by atoms with Gasteiger partial charge in [-0.2, -0.15) is 5.10 Å². The summed E-state index contributed by atoms with van der Waals surface area (Å²) in [6.07, 6.45) is 0. The second kappa shape index (κ2) is 6.27. The fourth-order valence-corrected chi connectivity index (χ4v) is 1.79. The molecule has 1 aromatic carbocycles. The quantitative estimate of drug-likeness (QED) is 0.486. The number of H-pyrrole nitrogens is 2. The molecule has 0 aliphatic carbocycles. The maximum absolute atomic E-state index is 11.8. The summed E-state index contributed by atoms with van der Waals surface area (Å²) < 4.78 is 0. The van der Waals surface area contributed by atoms with E-state index in [0.717, 1.165) is 0 Å². The molecule has 0 fully saturated rings. The molecule has 0 aliphatic heterocycles. The van der Waals surface area contributed by atoms with E-state index in [1.165, 1.54) is 19.1 Å². The van der Waals surface area contributed by atoms with Crippen molar-refractivity contribution in [2.75, 3.05) is 0 Å². The molecule has 2 aromatic rings. The van der Waals surface area contributed by atoms with Gasteiger partial charge in [-0.25, -0.2) is 10.2 Å². The normalized spacial score (nSPS) is 11.3. The fraction of sp³-hybridized carbons (Fsp3) is 0.0769. The number of halogens is 1. The van der Waals surface area contributed by atoms with Gasteiger partial charge in [-0.3, -0.25) is 19.6 Å². The van der Waals surface area contributed by atoms with Gasteiger partial charge in [0, 0.05) is 10.6 Å². The molecule has 2 rings (SSSR count). The third-order valence-electron chi connectivity index (χ3n) is 2.72.